The normalized spacial score (nSPS) is 10.4. The first-order chi connectivity index (χ1) is 7.78. The zero-order valence-electron chi connectivity index (χ0n) is 8.81. The van der Waals surface area contributed by atoms with Crippen LogP contribution in [0, 0.1) is 0 Å². The van der Waals surface area contributed by atoms with Crippen molar-refractivity contribution in [3.8, 4) is 5.75 Å². The second-order valence-corrected chi connectivity index (χ2v) is 3.64. The van der Waals surface area contributed by atoms with Crippen LogP contribution in [0.1, 0.15) is 18.6 Å². The molecule has 0 spiro atoms. The van der Waals surface area contributed by atoms with Crippen molar-refractivity contribution in [1.82, 2.24) is 10.1 Å². The molecule has 0 atom stereocenters. The lowest BCUT2D eigenvalue weighted by molar-refractivity contribution is 0.285. The molecule has 0 saturated carbocycles. The topological polar surface area (TPSA) is 48.2 Å². The summed E-state index contributed by atoms with van der Waals surface area (Å²) in [4.78, 5) is 4.13. The zero-order valence-corrected chi connectivity index (χ0v) is 9.57. The highest BCUT2D eigenvalue weighted by Gasteiger charge is 2.04. The zero-order chi connectivity index (χ0) is 11.4. The van der Waals surface area contributed by atoms with Gasteiger partial charge in [0.25, 0.3) is 0 Å². The Labute approximate surface area is 98.2 Å². The quantitative estimate of drug-likeness (QED) is 0.822. The molecule has 0 fully saturated rings. The summed E-state index contributed by atoms with van der Waals surface area (Å²) in [6, 6.07) is 7.13. The lowest BCUT2D eigenvalue weighted by atomic mass is 10.3. The van der Waals surface area contributed by atoms with E-state index in [9.17, 15) is 0 Å². The summed E-state index contributed by atoms with van der Waals surface area (Å²) < 4.78 is 10.4. The Balaban J connectivity index is 1.94. The second kappa shape index (κ2) is 4.99. The largest absolute Gasteiger partial charge is 0.485 e. The van der Waals surface area contributed by atoms with Gasteiger partial charge in [-0.3, -0.25) is 0 Å². The first-order valence-corrected chi connectivity index (χ1v) is 5.35. The van der Waals surface area contributed by atoms with Crippen molar-refractivity contribution in [1.29, 1.82) is 0 Å². The molecule has 2 rings (SSSR count). The van der Waals surface area contributed by atoms with Gasteiger partial charge in [-0.15, -0.1) is 0 Å². The Morgan fingerprint density at radius 2 is 2.06 bits per heavy atom. The minimum atomic E-state index is 0.297. The smallest absolute Gasteiger partial charge is 0.226 e. The van der Waals surface area contributed by atoms with Crippen LogP contribution in [0.25, 0.3) is 0 Å². The van der Waals surface area contributed by atoms with Crippen molar-refractivity contribution < 1.29 is 9.26 Å². The second-order valence-electron chi connectivity index (χ2n) is 3.20. The molecule has 0 aliphatic rings. The molecule has 1 aromatic carbocycles. The standard InChI is InChI=1S/C11H11ClN2O2/c1-2-11-13-10(14-16-11)7-15-9-5-3-8(12)4-6-9/h3-6H,2,7H2,1H3. The van der Waals surface area contributed by atoms with E-state index in [2.05, 4.69) is 10.1 Å². The van der Waals surface area contributed by atoms with Crippen LogP contribution < -0.4 is 4.74 Å². The van der Waals surface area contributed by atoms with Gasteiger partial charge in [0.15, 0.2) is 6.61 Å². The van der Waals surface area contributed by atoms with E-state index in [0.717, 1.165) is 12.2 Å². The molecule has 5 heteroatoms. The van der Waals surface area contributed by atoms with E-state index < -0.39 is 0 Å². The summed E-state index contributed by atoms with van der Waals surface area (Å²) in [5.41, 5.74) is 0. The van der Waals surface area contributed by atoms with E-state index in [0.29, 0.717) is 23.3 Å². The summed E-state index contributed by atoms with van der Waals surface area (Å²) in [5.74, 6) is 1.90. The number of nitrogens with zero attached hydrogens (tertiary/aromatic N) is 2. The van der Waals surface area contributed by atoms with Crippen LogP contribution in [-0.4, -0.2) is 10.1 Å². The van der Waals surface area contributed by atoms with Crippen molar-refractivity contribution in [2.75, 3.05) is 0 Å². The summed E-state index contributed by atoms with van der Waals surface area (Å²) >= 11 is 5.76. The average molecular weight is 239 g/mol. The van der Waals surface area contributed by atoms with Crippen LogP contribution in [0.4, 0.5) is 0 Å². The molecule has 0 aliphatic carbocycles. The highest BCUT2D eigenvalue weighted by molar-refractivity contribution is 6.30. The van der Waals surface area contributed by atoms with Gasteiger partial charge in [-0.25, -0.2) is 0 Å². The van der Waals surface area contributed by atoms with Gasteiger partial charge < -0.3 is 9.26 Å². The first kappa shape index (κ1) is 11.0. The van der Waals surface area contributed by atoms with Gasteiger partial charge in [0.05, 0.1) is 0 Å². The third-order valence-electron chi connectivity index (χ3n) is 1.99. The Bertz CT molecular complexity index is 453. The molecule has 1 heterocycles. The lowest BCUT2D eigenvalue weighted by Gasteiger charge is -2.02. The third kappa shape index (κ3) is 2.73. The maximum absolute atomic E-state index is 5.76. The third-order valence-corrected chi connectivity index (χ3v) is 2.25. The number of hydrogen-bond donors (Lipinski definition) is 0. The molecule has 0 N–H and O–H groups in total. The van der Waals surface area contributed by atoms with Crippen LogP contribution in [-0.2, 0) is 13.0 Å². The fraction of sp³-hybridized carbons (Fsp3) is 0.273. The fourth-order valence-electron chi connectivity index (χ4n) is 1.17. The molecule has 0 aliphatic heterocycles. The summed E-state index contributed by atoms with van der Waals surface area (Å²) in [7, 11) is 0. The summed E-state index contributed by atoms with van der Waals surface area (Å²) in [6.07, 6.45) is 0.730. The van der Waals surface area contributed by atoms with Crippen LogP contribution in [0.2, 0.25) is 5.02 Å². The average Bonchev–Trinajstić information content (AvgIpc) is 2.76. The van der Waals surface area contributed by atoms with Crippen molar-refractivity contribution in [2.45, 2.75) is 20.0 Å². The Morgan fingerprint density at radius 3 is 2.69 bits per heavy atom. The van der Waals surface area contributed by atoms with E-state index in [1.165, 1.54) is 0 Å². The Morgan fingerprint density at radius 1 is 1.31 bits per heavy atom. The van der Waals surface area contributed by atoms with Gasteiger partial charge in [-0.05, 0) is 24.3 Å². The molecule has 0 bridgehead atoms. The van der Waals surface area contributed by atoms with Crippen LogP contribution in [0.5, 0.6) is 5.75 Å². The van der Waals surface area contributed by atoms with Gasteiger partial charge in [-0.1, -0.05) is 23.7 Å². The van der Waals surface area contributed by atoms with Crippen LogP contribution >= 0.6 is 11.6 Å². The van der Waals surface area contributed by atoms with Gasteiger partial charge in [0, 0.05) is 11.4 Å². The molecule has 0 saturated heterocycles. The van der Waals surface area contributed by atoms with E-state index >= 15 is 0 Å². The van der Waals surface area contributed by atoms with Crippen LogP contribution in [0.3, 0.4) is 0 Å². The van der Waals surface area contributed by atoms with Gasteiger partial charge in [0.1, 0.15) is 5.75 Å². The molecule has 0 unspecified atom stereocenters. The summed E-state index contributed by atoms with van der Waals surface area (Å²) in [5, 5.41) is 4.46. The van der Waals surface area contributed by atoms with E-state index in [-0.39, 0.29) is 0 Å². The molecule has 1 aromatic heterocycles. The van der Waals surface area contributed by atoms with Gasteiger partial charge in [-0.2, -0.15) is 4.98 Å². The number of benzene rings is 1. The number of ether oxygens (including phenoxy) is 1. The maximum Gasteiger partial charge on any atom is 0.226 e. The van der Waals surface area contributed by atoms with E-state index in [1.54, 1.807) is 24.3 Å². The fourth-order valence-corrected chi connectivity index (χ4v) is 1.30. The molecular formula is C11H11ClN2O2. The minimum Gasteiger partial charge on any atom is -0.485 e. The maximum atomic E-state index is 5.76. The van der Waals surface area contributed by atoms with Crippen molar-refractivity contribution >= 4 is 11.6 Å². The molecule has 0 radical (unpaired) electrons. The summed E-state index contributed by atoms with van der Waals surface area (Å²) in [6.45, 7) is 2.25. The van der Waals surface area contributed by atoms with E-state index in [4.69, 9.17) is 20.9 Å². The highest BCUT2D eigenvalue weighted by Crippen LogP contribution is 2.16. The number of aryl methyl sites for hydroxylation is 1. The number of rotatable bonds is 4. The number of halogens is 1. The Kier molecular flexibility index (Phi) is 3.41. The molecular weight excluding hydrogens is 228 g/mol. The molecule has 84 valence electrons. The number of aromatic nitrogens is 2. The SMILES string of the molecule is CCc1nc(COc2ccc(Cl)cc2)no1. The van der Waals surface area contributed by atoms with Crippen molar-refractivity contribution in [3.05, 3.63) is 41.0 Å². The molecule has 2 aromatic rings. The minimum absolute atomic E-state index is 0.297. The predicted molar refractivity (Wildman–Crippen MR) is 59.5 cm³/mol. The molecule has 0 amide bonds. The monoisotopic (exact) mass is 238 g/mol. The molecule has 16 heavy (non-hydrogen) atoms. The van der Waals surface area contributed by atoms with Crippen molar-refractivity contribution in [2.24, 2.45) is 0 Å². The van der Waals surface area contributed by atoms with Crippen LogP contribution in [0.15, 0.2) is 28.8 Å². The molecule has 4 nitrogen and oxygen atoms in total. The number of hydrogen-bond acceptors (Lipinski definition) is 4. The predicted octanol–water partition coefficient (Wildman–Crippen LogP) is 2.86. The Hall–Kier alpha value is -1.55. The van der Waals surface area contributed by atoms with Gasteiger partial charge >= 0.3 is 0 Å². The van der Waals surface area contributed by atoms with Gasteiger partial charge in [0.2, 0.25) is 11.7 Å². The highest BCUT2D eigenvalue weighted by atomic mass is 35.5. The first-order valence-electron chi connectivity index (χ1n) is 4.97. The lowest BCUT2D eigenvalue weighted by Crippen LogP contribution is -1.97. The van der Waals surface area contributed by atoms with Crippen molar-refractivity contribution in [3.63, 3.8) is 0 Å². The van der Waals surface area contributed by atoms with E-state index in [1.807, 2.05) is 6.92 Å².